The molecule has 1 rings (SSSR count). The van der Waals surface area contributed by atoms with Gasteiger partial charge in [-0.05, 0) is 44.3 Å². The third kappa shape index (κ3) is 6.46. The Bertz CT molecular complexity index is 533. The minimum absolute atomic E-state index is 0.364. The number of rotatable bonds is 8. The van der Waals surface area contributed by atoms with Crippen molar-refractivity contribution in [3.8, 4) is 5.75 Å². The number of benzene rings is 1. The molecule has 128 valence electrons. The van der Waals surface area contributed by atoms with Crippen molar-refractivity contribution in [2.75, 3.05) is 38.6 Å². The van der Waals surface area contributed by atoms with E-state index in [1.54, 1.807) is 12.1 Å². The molecule has 7 heteroatoms. The molecule has 0 aliphatic rings. The predicted octanol–water partition coefficient (Wildman–Crippen LogP) is 2.14. The van der Waals surface area contributed by atoms with Gasteiger partial charge < -0.3 is 20.3 Å². The number of methoxy groups -OCH3 is 1. The van der Waals surface area contributed by atoms with Crippen LogP contribution >= 0.6 is 11.6 Å². The average molecular weight is 342 g/mol. The summed E-state index contributed by atoms with van der Waals surface area (Å²) < 4.78 is 5.12. The van der Waals surface area contributed by atoms with Gasteiger partial charge in [-0.25, -0.2) is 0 Å². The zero-order chi connectivity index (χ0) is 17.2. The van der Waals surface area contributed by atoms with Gasteiger partial charge in [0.1, 0.15) is 5.75 Å². The summed E-state index contributed by atoms with van der Waals surface area (Å²) in [6.07, 6.45) is 0.793. The number of halogens is 1. The molecule has 2 amide bonds. The lowest BCUT2D eigenvalue weighted by atomic mass is 10.3. The summed E-state index contributed by atoms with van der Waals surface area (Å²) in [7, 11) is 1.48. The molecule has 0 aliphatic carbocycles. The molecule has 0 radical (unpaired) electrons. The maximum absolute atomic E-state index is 11.9. The van der Waals surface area contributed by atoms with Crippen LogP contribution in [0.25, 0.3) is 0 Å². The van der Waals surface area contributed by atoms with E-state index >= 15 is 0 Å². The molecular weight excluding hydrogens is 318 g/mol. The Morgan fingerprint density at radius 1 is 1.22 bits per heavy atom. The molecule has 0 aliphatic heterocycles. The molecule has 0 aromatic heterocycles. The number of nitrogens with one attached hydrogen (secondary N) is 2. The van der Waals surface area contributed by atoms with E-state index in [-0.39, 0.29) is 0 Å². The van der Waals surface area contributed by atoms with Gasteiger partial charge in [0.25, 0.3) is 0 Å². The lowest BCUT2D eigenvalue weighted by molar-refractivity contribution is -0.136. The maximum atomic E-state index is 11.9. The normalized spacial score (nSPS) is 10.5. The Kier molecular flexibility index (Phi) is 8.43. The zero-order valence-electron chi connectivity index (χ0n) is 13.8. The van der Waals surface area contributed by atoms with Crippen LogP contribution in [0.5, 0.6) is 5.75 Å². The van der Waals surface area contributed by atoms with Gasteiger partial charge in [-0.2, -0.15) is 0 Å². The van der Waals surface area contributed by atoms with Gasteiger partial charge in [0.05, 0.1) is 12.8 Å². The van der Waals surface area contributed by atoms with E-state index in [2.05, 4.69) is 29.4 Å². The third-order valence-electron chi connectivity index (χ3n) is 3.45. The van der Waals surface area contributed by atoms with Crippen LogP contribution in [0, 0.1) is 0 Å². The van der Waals surface area contributed by atoms with E-state index in [1.807, 2.05) is 0 Å². The number of anilines is 1. The second-order valence-electron chi connectivity index (χ2n) is 4.94. The van der Waals surface area contributed by atoms with Crippen molar-refractivity contribution in [2.24, 2.45) is 0 Å². The minimum atomic E-state index is -0.742. The first-order valence-corrected chi connectivity index (χ1v) is 8.04. The molecule has 0 atom stereocenters. The monoisotopic (exact) mass is 341 g/mol. The Balaban J connectivity index is 2.46. The first kappa shape index (κ1) is 19.3. The molecule has 2 N–H and O–H groups in total. The number of hydrogen-bond donors (Lipinski definition) is 2. The largest absolute Gasteiger partial charge is 0.495 e. The van der Waals surface area contributed by atoms with E-state index in [0.717, 1.165) is 26.1 Å². The fraction of sp³-hybridized carbons (Fsp3) is 0.500. The Labute approximate surface area is 142 Å². The summed E-state index contributed by atoms with van der Waals surface area (Å²) in [6, 6.07) is 4.80. The zero-order valence-corrected chi connectivity index (χ0v) is 14.6. The third-order valence-corrected chi connectivity index (χ3v) is 3.68. The number of nitrogens with zero attached hydrogens (tertiary/aromatic N) is 1. The molecule has 0 saturated heterocycles. The number of hydrogen-bond acceptors (Lipinski definition) is 4. The lowest BCUT2D eigenvalue weighted by Gasteiger charge is -2.17. The standard InChI is InChI=1S/C16H24ClN3O3/c1-4-20(5-2)10-6-9-18-15(21)16(22)19-13-11-12(17)7-8-14(13)23-3/h7-8,11H,4-6,9-10H2,1-3H3,(H,18,21)(H,19,22). The molecule has 0 heterocycles. The maximum Gasteiger partial charge on any atom is 0.313 e. The van der Waals surface area contributed by atoms with Crippen LogP contribution in [-0.4, -0.2) is 50.0 Å². The quantitative estimate of drug-likeness (QED) is 0.561. The van der Waals surface area contributed by atoms with Crippen LogP contribution in [0.15, 0.2) is 18.2 Å². The molecular formula is C16H24ClN3O3. The van der Waals surface area contributed by atoms with E-state index < -0.39 is 11.8 Å². The van der Waals surface area contributed by atoms with Crippen molar-refractivity contribution in [3.63, 3.8) is 0 Å². The Morgan fingerprint density at radius 3 is 2.52 bits per heavy atom. The highest BCUT2D eigenvalue weighted by molar-refractivity contribution is 6.40. The topological polar surface area (TPSA) is 70.7 Å². The Morgan fingerprint density at radius 2 is 1.91 bits per heavy atom. The molecule has 0 spiro atoms. The van der Waals surface area contributed by atoms with Gasteiger partial charge in [-0.1, -0.05) is 25.4 Å². The summed E-state index contributed by atoms with van der Waals surface area (Å²) in [5.41, 5.74) is 0.364. The van der Waals surface area contributed by atoms with Crippen molar-refractivity contribution >= 4 is 29.1 Å². The molecule has 0 saturated carbocycles. The highest BCUT2D eigenvalue weighted by Gasteiger charge is 2.15. The first-order valence-electron chi connectivity index (χ1n) is 7.66. The van der Waals surface area contributed by atoms with Crippen LogP contribution in [0.1, 0.15) is 20.3 Å². The van der Waals surface area contributed by atoms with Gasteiger partial charge in [0.2, 0.25) is 0 Å². The van der Waals surface area contributed by atoms with Crippen molar-refractivity contribution in [2.45, 2.75) is 20.3 Å². The fourth-order valence-electron chi connectivity index (χ4n) is 2.08. The van der Waals surface area contributed by atoms with Crippen molar-refractivity contribution < 1.29 is 14.3 Å². The van der Waals surface area contributed by atoms with Crippen LogP contribution in [0.3, 0.4) is 0 Å². The number of amides is 2. The van der Waals surface area contributed by atoms with Crippen molar-refractivity contribution in [1.82, 2.24) is 10.2 Å². The number of carbonyl (C=O) groups is 2. The summed E-state index contributed by atoms with van der Waals surface area (Å²) in [5.74, 6) is -0.975. The van der Waals surface area contributed by atoms with E-state index in [1.165, 1.54) is 13.2 Å². The summed E-state index contributed by atoms with van der Waals surface area (Å²) in [4.78, 5) is 26.0. The average Bonchev–Trinajstić information content (AvgIpc) is 2.55. The second-order valence-corrected chi connectivity index (χ2v) is 5.37. The molecule has 0 fully saturated rings. The van der Waals surface area contributed by atoms with Gasteiger partial charge in [-0.15, -0.1) is 0 Å². The van der Waals surface area contributed by atoms with Gasteiger partial charge in [0, 0.05) is 11.6 Å². The van der Waals surface area contributed by atoms with Crippen molar-refractivity contribution in [3.05, 3.63) is 23.2 Å². The first-order chi connectivity index (χ1) is 11.0. The smallest absolute Gasteiger partial charge is 0.313 e. The van der Waals surface area contributed by atoms with E-state index in [9.17, 15) is 9.59 Å². The van der Waals surface area contributed by atoms with Crippen LogP contribution in [0.4, 0.5) is 5.69 Å². The second kappa shape index (κ2) is 10.1. The molecule has 0 bridgehead atoms. The summed E-state index contributed by atoms with van der Waals surface area (Å²) in [5, 5.41) is 5.56. The highest BCUT2D eigenvalue weighted by Crippen LogP contribution is 2.27. The van der Waals surface area contributed by atoms with Gasteiger partial charge >= 0.3 is 11.8 Å². The summed E-state index contributed by atoms with van der Waals surface area (Å²) >= 11 is 5.88. The number of carbonyl (C=O) groups excluding carboxylic acids is 2. The van der Waals surface area contributed by atoms with E-state index in [4.69, 9.17) is 16.3 Å². The molecule has 23 heavy (non-hydrogen) atoms. The minimum Gasteiger partial charge on any atom is -0.495 e. The molecule has 1 aromatic rings. The fourth-order valence-corrected chi connectivity index (χ4v) is 2.25. The SMILES string of the molecule is CCN(CC)CCCNC(=O)C(=O)Nc1cc(Cl)ccc1OC. The molecule has 1 aromatic carbocycles. The lowest BCUT2D eigenvalue weighted by Crippen LogP contribution is -2.37. The Hall–Kier alpha value is -1.79. The van der Waals surface area contributed by atoms with Gasteiger partial charge in [0.15, 0.2) is 0 Å². The molecule has 0 unspecified atom stereocenters. The van der Waals surface area contributed by atoms with E-state index in [0.29, 0.717) is 23.0 Å². The number of ether oxygens (including phenoxy) is 1. The van der Waals surface area contributed by atoms with Crippen LogP contribution in [-0.2, 0) is 9.59 Å². The van der Waals surface area contributed by atoms with Gasteiger partial charge in [-0.3, -0.25) is 9.59 Å². The predicted molar refractivity (Wildman–Crippen MR) is 92.0 cm³/mol. The molecule has 6 nitrogen and oxygen atoms in total. The highest BCUT2D eigenvalue weighted by atomic mass is 35.5. The van der Waals surface area contributed by atoms with Crippen LogP contribution in [0.2, 0.25) is 5.02 Å². The summed E-state index contributed by atoms with van der Waals surface area (Å²) in [6.45, 7) is 7.47. The van der Waals surface area contributed by atoms with Crippen molar-refractivity contribution in [1.29, 1.82) is 0 Å². The van der Waals surface area contributed by atoms with Crippen LogP contribution < -0.4 is 15.4 Å².